The average molecular weight is 300 g/mol. The Morgan fingerprint density at radius 2 is 1.78 bits per heavy atom. The first kappa shape index (κ1) is 20.3. The number of carbonyl (C=O) groups is 1. The lowest BCUT2D eigenvalue weighted by Gasteiger charge is -2.26. The fraction of sp³-hybridized carbons (Fsp3) is 0.917. The minimum absolute atomic E-state index is 0. The number of amides is 1. The average Bonchev–Trinajstić information content (AvgIpc) is 2.29. The maximum atomic E-state index is 11.6. The van der Waals surface area contributed by atoms with Gasteiger partial charge in [-0.05, 0) is 32.9 Å². The van der Waals surface area contributed by atoms with Gasteiger partial charge >= 0.3 is 0 Å². The van der Waals surface area contributed by atoms with Crippen LogP contribution in [0.2, 0.25) is 0 Å². The Morgan fingerprint density at radius 1 is 1.22 bits per heavy atom. The van der Waals surface area contributed by atoms with Crippen LogP contribution >= 0.6 is 24.8 Å². The molecule has 2 unspecified atom stereocenters. The Labute approximate surface area is 123 Å². The lowest BCUT2D eigenvalue weighted by molar-refractivity contribution is -0.124. The number of halogens is 2. The molecule has 0 radical (unpaired) electrons. The van der Waals surface area contributed by atoms with E-state index in [1.165, 1.54) is 32.4 Å². The van der Waals surface area contributed by atoms with Crippen molar-refractivity contribution in [2.24, 2.45) is 11.7 Å². The summed E-state index contributed by atoms with van der Waals surface area (Å²) in [6, 6.07) is -0.0741. The Balaban J connectivity index is 0. The molecule has 6 heteroatoms. The van der Waals surface area contributed by atoms with Crippen molar-refractivity contribution in [3.63, 3.8) is 0 Å². The van der Waals surface area contributed by atoms with Crippen LogP contribution in [0, 0.1) is 5.92 Å². The molecule has 1 aliphatic heterocycles. The van der Waals surface area contributed by atoms with Crippen molar-refractivity contribution in [2.45, 2.75) is 39.2 Å². The van der Waals surface area contributed by atoms with Crippen LogP contribution in [-0.2, 0) is 4.79 Å². The van der Waals surface area contributed by atoms with E-state index in [1.807, 2.05) is 13.8 Å². The van der Waals surface area contributed by atoms with E-state index in [1.54, 1.807) is 0 Å². The molecule has 0 aromatic carbocycles. The first-order chi connectivity index (χ1) is 7.61. The summed E-state index contributed by atoms with van der Waals surface area (Å²) in [4.78, 5) is 14.0. The molecule has 4 nitrogen and oxygen atoms in total. The minimum Gasteiger partial charge on any atom is -0.355 e. The predicted molar refractivity (Wildman–Crippen MR) is 80.6 cm³/mol. The van der Waals surface area contributed by atoms with Gasteiger partial charge in [0.25, 0.3) is 0 Å². The molecular weight excluding hydrogens is 273 g/mol. The Kier molecular flexibility index (Phi) is 12.2. The van der Waals surface area contributed by atoms with Gasteiger partial charge in [0.05, 0.1) is 0 Å². The predicted octanol–water partition coefficient (Wildman–Crippen LogP) is 1.42. The molecule has 1 saturated heterocycles. The Bertz CT molecular complexity index is 221. The van der Waals surface area contributed by atoms with E-state index < -0.39 is 0 Å². The molecule has 0 aromatic rings. The van der Waals surface area contributed by atoms with Gasteiger partial charge < -0.3 is 16.0 Å². The highest BCUT2D eigenvalue weighted by Crippen LogP contribution is 2.07. The molecule has 110 valence electrons. The second-order valence-corrected chi connectivity index (χ2v) is 4.84. The van der Waals surface area contributed by atoms with Gasteiger partial charge in [-0.15, -0.1) is 24.8 Å². The van der Waals surface area contributed by atoms with Crippen molar-refractivity contribution in [1.82, 2.24) is 10.2 Å². The second-order valence-electron chi connectivity index (χ2n) is 4.84. The maximum Gasteiger partial charge on any atom is 0.224 e. The Morgan fingerprint density at radius 3 is 2.28 bits per heavy atom. The van der Waals surface area contributed by atoms with E-state index >= 15 is 0 Å². The van der Waals surface area contributed by atoms with Gasteiger partial charge in [0.1, 0.15) is 0 Å². The molecule has 0 saturated carbocycles. The monoisotopic (exact) mass is 299 g/mol. The second kappa shape index (κ2) is 10.9. The third-order valence-corrected chi connectivity index (χ3v) is 3.38. The minimum atomic E-state index is -0.0960. The van der Waals surface area contributed by atoms with Gasteiger partial charge in [0.2, 0.25) is 5.91 Å². The molecule has 3 N–H and O–H groups in total. The normalized spacial score (nSPS) is 19.1. The Hall–Kier alpha value is -0.0300. The molecule has 1 heterocycles. The summed E-state index contributed by atoms with van der Waals surface area (Å²) in [6.45, 7) is 7.82. The van der Waals surface area contributed by atoms with Crippen LogP contribution in [-0.4, -0.2) is 43.0 Å². The number of likely N-dealkylation sites (tertiary alicyclic amines) is 1. The molecule has 1 amide bonds. The lowest BCUT2D eigenvalue weighted by atomic mass is 10.0. The van der Waals surface area contributed by atoms with Crippen LogP contribution in [0.15, 0.2) is 0 Å². The van der Waals surface area contributed by atoms with E-state index in [9.17, 15) is 4.79 Å². The molecule has 1 rings (SSSR count). The molecule has 0 aliphatic carbocycles. The van der Waals surface area contributed by atoms with Crippen LogP contribution < -0.4 is 11.1 Å². The molecule has 0 bridgehead atoms. The number of hydrogen-bond donors (Lipinski definition) is 2. The third kappa shape index (κ3) is 7.41. The zero-order chi connectivity index (χ0) is 12.0. The van der Waals surface area contributed by atoms with Crippen LogP contribution in [0.3, 0.4) is 0 Å². The van der Waals surface area contributed by atoms with E-state index in [0.717, 1.165) is 13.1 Å². The molecule has 0 spiro atoms. The highest BCUT2D eigenvalue weighted by molar-refractivity contribution is 5.85. The van der Waals surface area contributed by atoms with Gasteiger partial charge in [0, 0.05) is 25.0 Å². The molecule has 1 aliphatic rings. The molecule has 18 heavy (non-hydrogen) atoms. The van der Waals surface area contributed by atoms with Crippen molar-refractivity contribution < 1.29 is 4.79 Å². The van der Waals surface area contributed by atoms with Gasteiger partial charge in [-0.25, -0.2) is 0 Å². The van der Waals surface area contributed by atoms with Crippen molar-refractivity contribution in [2.75, 3.05) is 26.2 Å². The summed E-state index contributed by atoms with van der Waals surface area (Å²) in [7, 11) is 0. The van der Waals surface area contributed by atoms with Gasteiger partial charge in [0.15, 0.2) is 0 Å². The van der Waals surface area contributed by atoms with Crippen LogP contribution in [0.1, 0.15) is 33.1 Å². The fourth-order valence-electron chi connectivity index (χ4n) is 1.92. The van der Waals surface area contributed by atoms with E-state index in [4.69, 9.17) is 5.73 Å². The first-order valence-electron chi connectivity index (χ1n) is 6.37. The number of nitrogens with zero attached hydrogens (tertiary/aromatic N) is 1. The quantitative estimate of drug-likeness (QED) is 0.807. The highest BCUT2D eigenvalue weighted by Gasteiger charge is 2.16. The van der Waals surface area contributed by atoms with Crippen LogP contribution in [0.5, 0.6) is 0 Å². The summed E-state index contributed by atoms with van der Waals surface area (Å²) < 4.78 is 0. The molecule has 2 atom stereocenters. The zero-order valence-corrected chi connectivity index (χ0v) is 13.0. The van der Waals surface area contributed by atoms with Crippen molar-refractivity contribution >= 4 is 30.7 Å². The van der Waals surface area contributed by atoms with Gasteiger partial charge in [-0.3, -0.25) is 4.79 Å². The third-order valence-electron chi connectivity index (χ3n) is 3.38. The summed E-state index contributed by atoms with van der Waals surface area (Å²) >= 11 is 0. The van der Waals surface area contributed by atoms with Gasteiger partial charge in [-0.2, -0.15) is 0 Å². The van der Waals surface area contributed by atoms with Crippen LogP contribution in [0.4, 0.5) is 0 Å². The molecular formula is C12H27Cl2N3O. The summed E-state index contributed by atoms with van der Waals surface area (Å²) in [5.41, 5.74) is 5.68. The van der Waals surface area contributed by atoms with E-state index in [2.05, 4.69) is 10.2 Å². The number of piperidine rings is 1. The lowest BCUT2D eigenvalue weighted by Crippen LogP contribution is -2.42. The number of nitrogens with two attached hydrogens (primary N) is 1. The maximum absolute atomic E-state index is 11.6. The highest BCUT2D eigenvalue weighted by atomic mass is 35.5. The van der Waals surface area contributed by atoms with Crippen molar-refractivity contribution in [3.05, 3.63) is 0 Å². The topological polar surface area (TPSA) is 58.4 Å². The number of rotatable bonds is 5. The smallest absolute Gasteiger partial charge is 0.224 e. The number of nitrogens with one attached hydrogen (secondary N) is 1. The zero-order valence-electron chi connectivity index (χ0n) is 11.4. The standard InChI is InChI=1S/C12H25N3O.2ClH/c1-10(11(2)13)12(16)14-6-9-15-7-4-3-5-8-15;;/h10-11H,3-9,13H2,1-2H3,(H,14,16);2*1H. The molecule has 0 aromatic heterocycles. The summed E-state index contributed by atoms with van der Waals surface area (Å²) in [5, 5.41) is 2.95. The largest absolute Gasteiger partial charge is 0.355 e. The van der Waals surface area contributed by atoms with Crippen molar-refractivity contribution in [1.29, 1.82) is 0 Å². The van der Waals surface area contributed by atoms with Crippen molar-refractivity contribution in [3.8, 4) is 0 Å². The number of carbonyl (C=O) groups excluding carboxylic acids is 1. The van der Waals surface area contributed by atoms with E-state index in [-0.39, 0.29) is 42.7 Å². The number of hydrogen-bond acceptors (Lipinski definition) is 3. The summed E-state index contributed by atoms with van der Waals surface area (Å²) in [6.07, 6.45) is 3.94. The van der Waals surface area contributed by atoms with E-state index in [0.29, 0.717) is 0 Å². The fourth-order valence-corrected chi connectivity index (χ4v) is 1.92. The first-order valence-corrected chi connectivity index (χ1v) is 6.37. The molecule has 1 fully saturated rings. The van der Waals surface area contributed by atoms with Gasteiger partial charge in [-0.1, -0.05) is 13.3 Å². The SMILES string of the molecule is CC(N)C(C)C(=O)NCCN1CCCCC1.Cl.Cl. The summed E-state index contributed by atoms with van der Waals surface area (Å²) in [5.74, 6) is -0.0200. The van der Waals surface area contributed by atoms with Crippen LogP contribution in [0.25, 0.3) is 0 Å².